The second kappa shape index (κ2) is 5.35. The summed E-state index contributed by atoms with van der Waals surface area (Å²) in [5.74, 6) is -0.340. The molecule has 23 heavy (non-hydrogen) atoms. The largest absolute Gasteiger partial charge is 0.462 e. The van der Waals surface area contributed by atoms with Gasteiger partial charge in [0.1, 0.15) is 0 Å². The van der Waals surface area contributed by atoms with Crippen molar-refractivity contribution in [1.82, 2.24) is 4.90 Å². The zero-order valence-corrected chi connectivity index (χ0v) is 12.7. The predicted molar refractivity (Wildman–Crippen MR) is 86.4 cm³/mol. The summed E-state index contributed by atoms with van der Waals surface area (Å²) in [5, 5.41) is 8.79. The van der Waals surface area contributed by atoms with Gasteiger partial charge >= 0.3 is 5.97 Å². The van der Waals surface area contributed by atoms with Crippen molar-refractivity contribution in [1.29, 1.82) is 0 Å². The number of fused-ring (bicyclic) bond motifs is 2. The van der Waals surface area contributed by atoms with Gasteiger partial charge in [0.2, 0.25) is 0 Å². The van der Waals surface area contributed by atoms with Gasteiger partial charge in [-0.25, -0.2) is 4.79 Å². The molecule has 0 saturated carbocycles. The van der Waals surface area contributed by atoms with Crippen LogP contribution in [0.25, 0.3) is 0 Å². The summed E-state index contributed by atoms with van der Waals surface area (Å²) in [6.07, 6.45) is 7.25. The monoisotopic (exact) mass is 310 g/mol. The molecule has 1 N–H and O–H groups in total. The highest BCUT2D eigenvalue weighted by Gasteiger charge is 2.50. The van der Waals surface area contributed by atoms with Gasteiger partial charge in [-0.1, -0.05) is 18.2 Å². The molecule has 4 rings (SSSR count). The molecule has 1 aromatic rings. The van der Waals surface area contributed by atoms with E-state index in [1.54, 1.807) is 0 Å². The maximum Gasteiger partial charge on any atom is 0.341 e. The average molecular weight is 310 g/mol. The molecule has 1 unspecified atom stereocenters. The van der Waals surface area contributed by atoms with Crippen LogP contribution in [0, 0.1) is 0 Å². The van der Waals surface area contributed by atoms with Crippen LogP contribution in [-0.4, -0.2) is 41.4 Å². The highest BCUT2D eigenvalue weighted by molar-refractivity contribution is 6.27. The summed E-state index contributed by atoms with van der Waals surface area (Å²) >= 11 is 0. The molecular weight excluding hydrogens is 292 g/mol. The summed E-state index contributed by atoms with van der Waals surface area (Å²) < 4.78 is 5.36. The smallest absolute Gasteiger partial charge is 0.341 e. The molecule has 3 aliphatic rings. The van der Waals surface area contributed by atoms with Crippen molar-refractivity contribution in [2.24, 2.45) is 4.99 Å². The van der Waals surface area contributed by atoms with Crippen LogP contribution in [0.2, 0.25) is 0 Å². The molecule has 3 heterocycles. The number of carbonyl (C=O) groups excluding carboxylic acids is 1. The Balaban J connectivity index is 1.63. The van der Waals surface area contributed by atoms with Crippen molar-refractivity contribution in [2.45, 2.75) is 18.3 Å². The number of nitrogens with zero attached hydrogens (tertiary/aromatic N) is 2. The number of aliphatic imine (C=N–C) groups is 1. The Hall–Kier alpha value is -2.40. The van der Waals surface area contributed by atoms with Gasteiger partial charge in [-0.15, -0.1) is 0 Å². The van der Waals surface area contributed by atoms with E-state index < -0.39 is 0 Å². The molecule has 0 amide bonds. The molecule has 0 fully saturated rings. The van der Waals surface area contributed by atoms with E-state index in [9.17, 15) is 4.79 Å². The van der Waals surface area contributed by atoms with E-state index in [2.05, 4.69) is 12.1 Å². The lowest BCUT2D eigenvalue weighted by Gasteiger charge is -2.31. The third kappa shape index (κ3) is 2.11. The number of aliphatic hydroxyl groups is 1. The third-order valence-electron chi connectivity index (χ3n) is 4.58. The van der Waals surface area contributed by atoms with Crippen molar-refractivity contribution in [3.8, 4) is 0 Å². The standard InChI is InChI=1S/C18H18N2O3/c21-9-3-4-10-23-17(22)13-11-20-8-7-18(12-20)14-5-1-2-6-15(14)19-16(13)18/h1-2,5-8,11,21H,3-4,9-10,12H2. The maximum absolute atomic E-state index is 12.5. The van der Waals surface area contributed by atoms with E-state index in [-0.39, 0.29) is 18.0 Å². The molecule has 3 aliphatic heterocycles. The van der Waals surface area contributed by atoms with Crippen molar-refractivity contribution >= 4 is 17.4 Å². The Labute approximate surface area is 134 Å². The number of benzene rings is 1. The van der Waals surface area contributed by atoms with Crippen molar-refractivity contribution in [3.63, 3.8) is 0 Å². The Kier molecular flexibility index (Phi) is 3.31. The van der Waals surface area contributed by atoms with E-state index >= 15 is 0 Å². The van der Waals surface area contributed by atoms with Crippen LogP contribution >= 0.6 is 0 Å². The third-order valence-corrected chi connectivity index (χ3v) is 4.58. The van der Waals surface area contributed by atoms with Crippen LogP contribution < -0.4 is 0 Å². The molecular formula is C18H18N2O3. The van der Waals surface area contributed by atoms with E-state index in [0.29, 0.717) is 25.0 Å². The SMILES string of the molecule is O=C(OCCCCO)C1=CN2C=CC3(C2)C1=Nc1ccccc13. The fraction of sp³-hybridized carbons (Fsp3) is 0.333. The van der Waals surface area contributed by atoms with E-state index in [0.717, 1.165) is 23.5 Å². The van der Waals surface area contributed by atoms with Crippen LogP contribution in [0.3, 0.4) is 0 Å². The lowest BCUT2D eigenvalue weighted by molar-refractivity contribution is -0.138. The molecule has 5 nitrogen and oxygen atoms in total. The summed E-state index contributed by atoms with van der Waals surface area (Å²) in [6, 6.07) is 8.03. The Morgan fingerprint density at radius 2 is 2.22 bits per heavy atom. The molecule has 0 saturated heterocycles. The molecule has 2 bridgehead atoms. The van der Waals surface area contributed by atoms with Gasteiger partial charge < -0.3 is 14.7 Å². The lowest BCUT2D eigenvalue weighted by Crippen LogP contribution is -2.42. The first-order valence-corrected chi connectivity index (χ1v) is 7.88. The first-order chi connectivity index (χ1) is 11.2. The molecule has 118 valence electrons. The summed E-state index contributed by atoms with van der Waals surface area (Å²) in [7, 11) is 0. The number of hydrogen-bond donors (Lipinski definition) is 1. The molecule has 5 heteroatoms. The number of para-hydroxylation sites is 1. The molecule has 1 atom stereocenters. The fourth-order valence-electron chi connectivity index (χ4n) is 3.46. The normalized spacial score (nSPS) is 23.3. The van der Waals surface area contributed by atoms with Crippen LogP contribution in [0.1, 0.15) is 18.4 Å². The fourth-order valence-corrected chi connectivity index (χ4v) is 3.46. The number of unbranched alkanes of at least 4 members (excludes halogenated alkanes) is 1. The van der Waals surface area contributed by atoms with Crippen molar-refractivity contribution in [3.05, 3.63) is 53.9 Å². The minimum Gasteiger partial charge on any atom is -0.462 e. The van der Waals surface area contributed by atoms with E-state index in [1.807, 2.05) is 35.5 Å². The highest BCUT2D eigenvalue weighted by Crippen LogP contribution is 2.48. The molecule has 1 spiro atoms. The summed E-state index contributed by atoms with van der Waals surface area (Å²) in [6.45, 7) is 1.21. The van der Waals surface area contributed by atoms with Gasteiger partial charge in [0.05, 0.1) is 29.0 Å². The number of carbonyl (C=O) groups is 1. The van der Waals surface area contributed by atoms with Crippen LogP contribution in [0.4, 0.5) is 5.69 Å². The quantitative estimate of drug-likeness (QED) is 0.668. The number of aliphatic hydroxyl groups excluding tert-OH is 1. The number of ether oxygens (including phenoxy) is 1. The molecule has 0 aromatic heterocycles. The average Bonchev–Trinajstić information content (AvgIpc) is 3.10. The predicted octanol–water partition coefficient (Wildman–Crippen LogP) is 2.05. The van der Waals surface area contributed by atoms with Gasteiger partial charge in [0.25, 0.3) is 0 Å². The van der Waals surface area contributed by atoms with Crippen LogP contribution in [0.15, 0.2) is 53.3 Å². The van der Waals surface area contributed by atoms with E-state index in [1.165, 1.54) is 0 Å². The van der Waals surface area contributed by atoms with Crippen molar-refractivity contribution in [2.75, 3.05) is 19.8 Å². The molecule has 0 radical (unpaired) electrons. The second-order valence-electron chi connectivity index (χ2n) is 6.05. The van der Waals surface area contributed by atoms with Crippen molar-refractivity contribution < 1.29 is 14.6 Å². The Bertz CT molecular complexity index is 750. The number of rotatable bonds is 5. The second-order valence-corrected chi connectivity index (χ2v) is 6.05. The first kappa shape index (κ1) is 14.2. The Morgan fingerprint density at radius 1 is 1.35 bits per heavy atom. The van der Waals surface area contributed by atoms with Gasteiger partial charge in [0.15, 0.2) is 0 Å². The summed E-state index contributed by atoms with van der Waals surface area (Å²) in [5.41, 5.74) is 3.06. The molecule has 1 aromatic carbocycles. The summed E-state index contributed by atoms with van der Waals surface area (Å²) in [4.78, 5) is 19.2. The maximum atomic E-state index is 12.5. The number of hydrogen-bond acceptors (Lipinski definition) is 5. The lowest BCUT2D eigenvalue weighted by atomic mass is 9.75. The number of esters is 1. The first-order valence-electron chi connectivity index (χ1n) is 7.88. The highest BCUT2D eigenvalue weighted by atomic mass is 16.5. The van der Waals surface area contributed by atoms with Crippen LogP contribution in [0.5, 0.6) is 0 Å². The zero-order valence-electron chi connectivity index (χ0n) is 12.7. The minimum atomic E-state index is -0.340. The topological polar surface area (TPSA) is 62.1 Å². The minimum absolute atomic E-state index is 0.114. The van der Waals surface area contributed by atoms with Gasteiger partial charge in [-0.2, -0.15) is 0 Å². The zero-order chi connectivity index (χ0) is 15.9. The van der Waals surface area contributed by atoms with E-state index in [4.69, 9.17) is 14.8 Å². The van der Waals surface area contributed by atoms with Gasteiger partial charge in [-0.3, -0.25) is 4.99 Å². The van der Waals surface area contributed by atoms with Gasteiger partial charge in [0, 0.05) is 25.6 Å². The Morgan fingerprint density at radius 3 is 3.09 bits per heavy atom. The molecule has 0 aliphatic carbocycles. The van der Waals surface area contributed by atoms with Gasteiger partial charge in [-0.05, 0) is 30.5 Å². The van der Waals surface area contributed by atoms with Crippen LogP contribution in [-0.2, 0) is 14.9 Å².